The molecule has 0 bridgehead atoms. The van der Waals surface area contributed by atoms with Crippen molar-refractivity contribution in [2.45, 2.75) is 18.9 Å². The van der Waals surface area contributed by atoms with Crippen LogP contribution in [0.15, 0.2) is 60.2 Å². The van der Waals surface area contributed by atoms with Gasteiger partial charge in [0.05, 0.1) is 15.4 Å². The number of nitrogens with zero attached hydrogens (tertiary/aromatic N) is 4. The number of aryl methyl sites for hydroxylation is 1. The van der Waals surface area contributed by atoms with Crippen LogP contribution >= 0.6 is 22.7 Å². The van der Waals surface area contributed by atoms with Crippen LogP contribution in [-0.4, -0.2) is 43.8 Å². The third kappa shape index (κ3) is 3.85. The first-order chi connectivity index (χ1) is 15.6. The van der Waals surface area contributed by atoms with Crippen molar-refractivity contribution in [3.05, 3.63) is 65.1 Å². The first-order valence-electron chi connectivity index (χ1n) is 10.3. The van der Waals surface area contributed by atoms with Gasteiger partial charge in [0.15, 0.2) is 11.0 Å². The molecule has 0 unspecified atom stereocenters. The Morgan fingerprint density at radius 1 is 1.16 bits per heavy atom. The Morgan fingerprint density at radius 3 is 2.72 bits per heavy atom. The molecule has 0 radical (unpaired) electrons. The van der Waals surface area contributed by atoms with Crippen LogP contribution in [0.5, 0.6) is 0 Å². The Kier molecular flexibility index (Phi) is 5.59. The fraction of sp³-hybridized carbons (Fsp3) is 0.217. The summed E-state index contributed by atoms with van der Waals surface area (Å²) in [5.74, 6) is 0.500. The molecule has 5 rings (SSSR count). The predicted molar refractivity (Wildman–Crippen MR) is 127 cm³/mol. The van der Waals surface area contributed by atoms with E-state index < -0.39 is 6.04 Å². The van der Waals surface area contributed by atoms with Crippen LogP contribution in [0.1, 0.15) is 22.5 Å². The van der Waals surface area contributed by atoms with Gasteiger partial charge in [-0.2, -0.15) is 0 Å². The fourth-order valence-electron chi connectivity index (χ4n) is 3.91. The highest BCUT2D eigenvalue weighted by Crippen LogP contribution is 2.38. The van der Waals surface area contributed by atoms with E-state index in [2.05, 4.69) is 10.3 Å². The second-order valence-electron chi connectivity index (χ2n) is 7.55. The minimum atomic E-state index is -0.495. The smallest absolute Gasteiger partial charge is 0.264 e. The molecule has 7 nitrogen and oxygen atoms in total. The Morgan fingerprint density at radius 2 is 2.00 bits per heavy atom. The summed E-state index contributed by atoms with van der Waals surface area (Å²) in [6.45, 7) is 0.584. The van der Waals surface area contributed by atoms with Gasteiger partial charge in [-0.1, -0.05) is 47.7 Å². The molecule has 2 amide bonds. The average molecular weight is 464 g/mol. The molecule has 1 aliphatic rings. The van der Waals surface area contributed by atoms with E-state index in [0.29, 0.717) is 23.0 Å². The van der Waals surface area contributed by atoms with E-state index in [4.69, 9.17) is 4.98 Å². The van der Waals surface area contributed by atoms with Gasteiger partial charge < -0.3 is 14.8 Å². The molecule has 4 heterocycles. The van der Waals surface area contributed by atoms with Crippen molar-refractivity contribution >= 4 is 39.6 Å². The minimum Gasteiger partial charge on any atom is -0.333 e. The highest BCUT2D eigenvalue weighted by Gasteiger charge is 2.35. The summed E-state index contributed by atoms with van der Waals surface area (Å²) in [7, 11) is 1.93. The third-order valence-corrected chi connectivity index (χ3v) is 7.30. The SMILES string of the molecule is Cn1ccnc1-c1sc(NC(=O)[C@@H]2CCCN2C(=O)c2cccs2)nc1-c1ccccc1. The molecule has 1 fully saturated rings. The number of thiazole rings is 1. The van der Waals surface area contributed by atoms with Crippen molar-refractivity contribution in [2.24, 2.45) is 7.05 Å². The number of hydrogen-bond acceptors (Lipinski definition) is 6. The van der Waals surface area contributed by atoms with Crippen molar-refractivity contribution < 1.29 is 9.59 Å². The zero-order valence-electron chi connectivity index (χ0n) is 17.4. The molecule has 1 atom stereocenters. The molecule has 32 heavy (non-hydrogen) atoms. The number of carbonyl (C=O) groups excluding carboxylic acids is 2. The first-order valence-corrected chi connectivity index (χ1v) is 12.0. The molecular weight excluding hydrogens is 442 g/mol. The van der Waals surface area contributed by atoms with Crippen molar-refractivity contribution in [2.75, 3.05) is 11.9 Å². The quantitative estimate of drug-likeness (QED) is 0.472. The summed E-state index contributed by atoms with van der Waals surface area (Å²) in [6.07, 6.45) is 5.08. The third-order valence-electron chi connectivity index (χ3n) is 5.48. The van der Waals surface area contributed by atoms with Gasteiger partial charge in [-0.15, -0.1) is 11.3 Å². The first kappa shape index (κ1) is 20.6. The van der Waals surface area contributed by atoms with Gasteiger partial charge in [-0.25, -0.2) is 9.97 Å². The highest BCUT2D eigenvalue weighted by atomic mass is 32.1. The summed E-state index contributed by atoms with van der Waals surface area (Å²) in [5, 5.41) is 5.34. The van der Waals surface area contributed by atoms with Gasteiger partial charge in [0.2, 0.25) is 5.91 Å². The molecule has 1 saturated heterocycles. The van der Waals surface area contributed by atoms with Crippen LogP contribution < -0.4 is 5.32 Å². The molecule has 0 saturated carbocycles. The summed E-state index contributed by atoms with van der Waals surface area (Å²) < 4.78 is 1.93. The molecular formula is C23H21N5O2S2. The van der Waals surface area contributed by atoms with Gasteiger partial charge in [-0.3, -0.25) is 9.59 Å². The second kappa shape index (κ2) is 8.68. The molecule has 1 aliphatic heterocycles. The number of thiophene rings is 1. The van der Waals surface area contributed by atoms with Crippen molar-refractivity contribution in [3.63, 3.8) is 0 Å². The number of hydrogen-bond donors (Lipinski definition) is 1. The molecule has 1 aromatic carbocycles. The van der Waals surface area contributed by atoms with Crippen LogP contribution in [0, 0.1) is 0 Å². The summed E-state index contributed by atoms with van der Waals surface area (Å²) in [4.78, 5) is 38.4. The normalized spacial score (nSPS) is 15.8. The van der Waals surface area contributed by atoms with Gasteiger partial charge >= 0.3 is 0 Å². The minimum absolute atomic E-state index is 0.0875. The molecule has 162 valence electrons. The number of amides is 2. The Balaban J connectivity index is 1.43. The number of anilines is 1. The molecule has 3 aromatic heterocycles. The number of carbonyl (C=O) groups is 2. The van der Waals surface area contributed by atoms with Crippen molar-refractivity contribution in [3.8, 4) is 22.0 Å². The van der Waals surface area contributed by atoms with E-state index in [0.717, 1.165) is 28.4 Å². The lowest BCUT2D eigenvalue weighted by Crippen LogP contribution is -2.42. The van der Waals surface area contributed by atoms with Crippen LogP contribution in [-0.2, 0) is 11.8 Å². The van der Waals surface area contributed by atoms with Gasteiger partial charge in [0.25, 0.3) is 5.91 Å². The van der Waals surface area contributed by atoms with Gasteiger partial charge in [-0.05, 0) is 24.3 Å². The largest absolute Gasteiger partial charge is 0.333 e. The topological polar surface area (TPSA) is 80.1 Å². The second-order valence-corrected chi connectivity index (χ2v) is 9.49. The Labute approximate surface area is 193 Å². The predicted octanol–water partition coefficient (Wildman–Crippen LogP) is 4.52. The van der Waals surface area contributed by atoms with E-state index in [1.807, 2.05) is 59.6 Å². The number of aromatic nitrogens is 3. The Hall–Kier alpha value is -3.30. The average Bonchev–Trinajstić information content (AvgIpc) is 3.60. The lowest BCUT2D eigenvalue weighted by atomic mass is 10.1. The van der Waals surface area contributed by atoms with Crippen molar-refractivity contribution in [1.82, 2.24) is 19.4 Å². The van der Waals surface area contributed by atoms with Crippen LogP contribution in [0.3, 0.4) is 0 Å². The standard InChI is InChI=1S/C23H21N5O2S2/c1-27-13-11-24-20(27)19-18(15-7-3-2-4-8-15)25-23(32-19)26-21(29)16-9-5-12-28(16)22(30)17-10-6-14-31-17/h2-4,6-8,10-11,13-14,16H,5,9,12H2,1H3,(H,25,26,29)/t16-/m0/s1. The zero-order chi connectivity index (χ0) is 22.1. The monoisotopic (exact) mass is 463 g/mol. The van der Waals surface area contributed by atoms with E-state index in [1.54, 1.807) is 17.2 Å². The lowest BCUT2D eigenvalue weighted by molar-refractivity contribution is -0.119. The van der Waals surface area contributed by atoms with E-state index in [1.165, 1.54) is 22.7 Å². The zero-order valence-corrected chi connectivity index (χ0v) is 19.0. The molecule has 0 spiro atoms. The van der Waals surface area contributed by atoms with Gasteiger partial charge in [0.1, 0.15) is 6.04 Å². The number of rotatable bonds is 5. The van der Waals surface area contributed by atoms with Crippen molar-refractivity contribution in [1.29, 1.82) is 0 Å². The van der Waals surface area contributed by atoms with E-state index in [9.17, 15) is 9.59 Å². The number of nitrogens with one attached hydrogen (secondary N) is 1. The van der Waals surface area contributed by atoms with Crippen LogP contribution in [0.2, 0.25) is 0 Å². The lowest BCUT2D eigenvalue weighted by Gasteiger charge is -2.22. The molecule has 4 aromatic rings. The maximum Gasteiger partial charge on any atom is 0.264 e. The summed E-state index contributed by atoms with van der Waals surface area (Å²) in [5.41, 5.74) is 1.73. The number of likely N-dealkylation sites (tertiary alicyclic amines) is 1. The Bertz CT molecular complexity index is 1250. The fourth-order valence-corrected chi connectivity index (χ4v) is 5.62. The molecule has 9 heteroatoms. The molecule has 0 aliphatic carbocycles. The summed E-state index contributed by atoms with van der Waals surface area (Å²) >= 11 is 2.79. The summed E-state index contributed by atoms with van der Waals surface area (Å²) in [6, 6.07) is 13.0. The maximum atomic E-state index is 13.2. The van der Waals surface area contributed by atoms with E-state index >= 15 is 0 Å². The van der Waals surface area contributed by atoms with E-state index in [-0.39, 0.29) is 11.8 Å². The van der Waals surface area contributed by atoms with Crippen LogP contribution in [0.4, 0.5) is 5.13 Å². The number of benzene rings is 1. The highest BCUT2D eigenvalue weighted by molar-refractivity contribution is 7.19. The van der Waals surface area contributed by atoms with Crippen LogP contribution in [0.25, 0.3) is 22.0 Å². The van der Waals surface area contributed by atoms with Gasteiger partial charge in [0, 0.05) is 31.5 Å². The number of imidazole rings is 1. The maximum absolute atomic E-state index is 13.2. The molecule has 1 N–H and O–H groups in total.